The van der Waals surface area contributed by atoms with Crippen LogP contribution in [-0.4, -0.2) is 70.1 Å². The lowest BCUT2D eigenvalue weighted by atomic mass is 9.95. The molecule has 3 aromatic rings. The second kappa shape index (κ2) is 11.2. The highest BCUT2D eigenvalue weighted by Gasteiger charge is 2.42. The molecule has 236 valence electrons. The Balaban J connectivity index is 1.17. The topological polar surface area (TPSA) is 136 Å². The molecule has 44 heavy (non-hydrogen) atoms. The van der Waals surface area contributed by atoms with Crippen molar-refractivity contribution in [1.29, 1.82) is 0 Å². The van der Waals surface area contributed by atoms with Gasteiger partial charge in [-0.1, -0.05) is 0 Å². The summed E-state index contributed by atoms with van der Waals surface area (Å²) in [5, 5.41) is 12.4. The summed E-state index contributed by atoms with van der Waals surface area (Å²) in [4.78, 5) is 20.7. The number of carbonyl (C=O) groups excluding carboxylic acids is 1. The van der Waals surface area contributed by atoms with Crippen molar-refractivity contribution < 1.29 is 17.9 Å². The van der Waals surface area contributed by atoms with Crippen molar-refractivity contribution in [2.75, 3.05) is 24.6 Å². The van der Waals surface area contributed by atoms with E-state index < -0.39 is 15.9 Å². The summed E-state index contributed by atoms with van der Waals surface area (Å²) < 4.78 is 38.2. The van der Waals surface area contributed by atoms with Gasteiger partial charge in [0.1, 0.15) is 5.82 Å². The van der Waals surface area contributed by atoms with E-state index in [1.807, 2.05) is 6.07 Å². The summed E-state index contributed by atoms with van der Waals surface area (Å²) in [6.45, 7) is 8.52. The molecule has 1 saturated heterocycles. The number of nitrogens with zero attached hydrogens (tertiary/aromatic N) is 6. The number of hydrogen-bond donors (Lipinski definition) is 2. The zero-order valence-corrected chi connectivity index (χ0v) is 26.5. The van der Waals surface area contributed by atoms with Crippen molar-refractivity contribution in [1.82, 2.24) is 34.6 Å². The second-order valence-electron chi connectivity index (χ2n) is 13.6. The molecule has 13 heteroatoms. The first-order valence-electron chi connectivity index (χ1n) is 15.9. The van der Waals surface area contributed by atoms with E-state index in [4.69, 9.17) is 9.72 Å². The molecule has 2 aliphatic heterocycles. The molecular weight excluding hydrogens is 580 g/mol. The molecule has 5 heterocycles. The minimum absolute atomic E-state index is 0.147. The smallest absolute Gasteiger partial charge is 0.283 e. The molecule has 0 aromatic carbocycles. The van der Waals surface area contributed by atoms with Crippen molar-refractivity contribution >= 4 is 21.7 Å². The number of rotatable bonds is 7. The lowest BCUT2D eigenvalue weighted by Crippen LogP contribution is -2.41. The molecule has 2 aliphatic carbocycles. The summed E-state index contributed by atoms with van der Waals surface area (Å²) in [7, 11) is -4.21. The molecule has 4 aliphatic rings. The van der Waals surface area contributed by atoms with Gasteiger partial charge in [-0.15, -0.1) is 5.10 Å². The molecule has 2 N–H and O–H groups in total. The third-order valence-corrected chi connectivity index (χ3v) is 10.9. The van der Waals surface area contributed by atoms with Crippen molar-refractivity contribution in [3.8, 4) is 11.7 Å². The van der Waals surface area contributed by atoms with Crippen LogP contribution in [0.1, 0.15) is 74.7 Å². The maximum atomic E-state index is 13.7. The van der Waals surface area contributed by atoms with Gasteiger partial charge in [-0.05, 0) is 102 Å². The Kier molecular flexibility index (Phi) is 7.43. The number of aromatic nitrogens is 5. The van der Waals surface area contributed by atoms with Gasteiger partial charge in [-0.2, -0.15) is 13.5 Å². The number of aryl methyl sites for hydroxylation is 2. The van der Waals surface area contributed by atoms with Crippen molar-refractivity contribution in [3.05, 3.63) is 41.7 Å². The van der Waals surface area contributed by atoms with Gasteiger partial charge in [-0.25, -0.2) is 14.4 Å². The Morgan fingerprint density at radius 1 is 1.11 bits per heavy atom. The molecule has 0 radical (unpaired) electrons. The normalized spacial score (nSPS) is 23.1. The Labute approximate surface area is 258 Å². The average Bonchev–Trinajstić information content (AvgIpc) is 3.88. The Morgan fingerprint density at radius 3 is 2.64 bits per heavy atom. The van der Waals surface area contributed by atoms with Crippen molar-refractivity contribution in [2.24, 2.45) is 17.8 Å². The highest BCUT2D eigenvalue weighted by atomic mass is 32.2. The van der Waals surface area contributed by atoms with Gasteiger partial charge in [0.25, 0.3) is 15.9 Å². The number of sulfonamides is 1. The molecule has 2 saturated carbocycles. The first kappa shape index (κ1) is 29.3. The largest absolute Gasteiger partial charge is 0.477 e. The summed E-state index contributed by atoms with van der Waals surface area (Å²) in [5.74, 6) is 3.27. The number of carbonyl (C=O) groups is 1. The Hall–Kier alpha value is -3.45. The third-order valence-electron chi connectivity index (χ3n) is 9.57. The third kappa shape index (κ3) is 5.95. The number of amides is 1. The van der Waals surface area contributed by atoms with E-state index in [2.05, 4.69) is 39.0 Å². The van der Waals surface area contributed by atoms with Crippen molar-refractivity contribution in [3.63, 3.8) is 0 Å². The van der Waals surface area contributed by atoms with E-state index in [-0.39, 0.29) is 22.2 Å². The molecule has 1 atom stereocenters. The highest BCUT2D eigenvalue weighted by molar-refractivity contribution is 7.90. The highest BCUT2D eigenvalue weighted by Crippen LogP contribution is 2.50. The number of anilines is 1. The maximum Gasteiger partial charge on any atom is 0.283 e. The lowest BCUT2D eigenvalue weighted by Gasteiger charge is -2.33. The SMILES string of the molecule is Cc1cn2nc1S(=O)(=O)NC(=O)c1ccc(-n3ccc(OCCC(C4CC4)C4CC4)n3)nc1N1CC(CC1(C)C)NCCC2. The van der Waals surface area contributed by atoms with Crippen LogP contribution in [0.5, 0.6) is 5.88 Å². The van der Waals surface area contributed by atoms with Gasteiger partial charge in [-0.3, -0.25) is 9.48 Å². The predicted octanol–water partition coefficient (Wildman–Crippen LogP) is 3.45. The van der Waals surface area contributed by atoms with E-state index in [1.54, 1.807) is 40.8 Å². The zero-order valence-electron chi connectivity index (χ0n) is 25.7. The van der Waals surface area contributed by atoms with Crippen LogP contribution < -0.4 is 19.7 Å². The molecule has 3 fully saturated rings. The summed E-state index contributed by atoms with van der Waals surface area (Å²) in [6.07, 6.45) is 11.6. The van der Waals surface area contributed by atoms with Crippen molar-refractivity contribution in [2.45, 2.75) is 88.9 Å². The Bertz CT molecular complexity index is 1640. The van der Waals surface area contributed by atoms with Gasteiger partial charge in [0.2, 0.25) is 5.88 Å². The van der Waals surface area contributed by atoms with E-state index in [1.165, 1.54) is 25.7 Å². The molecule has 12 nitrogen and oxygen atoms in total. The molecule has 7 rings (SSSR count). The van der Waals surface area contributed by atoms with Gasteiger partial charge < -0.3 is 15.0 Å². The summed E-state index contributed by atoms with van der Waals surface area (Å²) >= 11 is 0. The molecule has 0 spiro atoms. The number of hydrogen-bond acceptors (Lipinski definition) is 9. The van der Waals surface area contributed by atoms with E-state index in [9.17, 15) is 13.2 Å². The van der Waals surface area contributed by atoms with E-state index >= 15 is 0 Å². The standard InChI is InChI=1S/C31H42N8O4S/c1-20-18-37-14-4-13-32-23-17-31(2,3)38(19-23)28-25(29(40)36-44(41,42)30(20)35-37)9-10-26(33-28)39-15-11-27(34-39)43-16-12-24(21-5-6-21)22-7-8-22/h9-11,15,18,21-24,32H,4-8,12-14,16-17,19H2,1-3H3,(H,36,40). The predicted molar refractivity (Wildman–Crippen MR) is 164 cm³/mol. The molecule has 3 aromatic heterocycles. The number of pyridine rings is 1. The van der Waals surface area contributed by atoms with Crippen LogP contribution in [0.25, 0.3) is 5.82 Å². The minimum atomic E-state index is -4.21. The summed E-state index contributed by atoms with van der Waals surface area (Å²) in [6, 6.07) is 5.32. The fourth-order valence-electron chi connectivity index (χ4n) is 7.08. The summed E-state index contributed by atoms with van der Waals surface area (Å²) in [5.41, 5.74) is 0.320. The fourth-order valence-corrected chi connectivity index (χ4v) is 8.22. The Morgan fingerprint density at radius 2 is 1.89 bits per heavy atom. The quantitative estimate of drug-likeness (QED) is 0.406. The van der Waals surface area contributed by atoms with Crippen LogP contribution in [0.15, 0.2) is 35.6 Å². The molecular formula is C31H42N8O4S. The fraction of sp³-hybridized carbons (Fsp3) is 0.613. The number of ether oxygens (including phenoxy) is 1. The minimum Gasteiger partial charge on any atom is -0.477 e. The van der Waals surface area contributed by atoms with Crippen LogP contribution in [0.4, 0.5) is 5.82 Å². The molecule has 4 bridgehead atoms. The average molecular weight is 623 g/mol. The molecule has 1 amide bonds. The van der Waals surface area contributed by atoms with Gasteiger partial charge in [0, 0.05) is 48.7 Å². The van der Waals surface area contributed by atoms with Gasteiger partial charge in [0.15, 0.2) is 10.8 Å². The monoisotopic (exact) mass is 622 g/mol. The van der Waals surface area contributed by atoms with Gasteiger partial charge in [0.05, 0.1) is 12.2 Å². The second-order valence-corrected chi connectivity index (χ2v) is 15.2. The first-order valence-corrected chi connectivity index (χ1v) is 17.4. The molecule has 1 unspecified atom stereocenters. The maximum absolute atomic E-state index is 13.7. The number of nitrogens with one attached hydrogen (secondary N) is 2. The van der Waals surface area contributed by atoms with Crippen LogP contribution in [-0.2, 0) is 16.6 Å². The number of fused-ring (bicyclic) bond motifs is 6. The van der Waals surface area contributed by atoms with Gasteiger partial charge >= 0.3 is 0 Å². The van der Waals surface area contributed by atoms with Crippen LogP contribution in [0.3, 0.4) is 0 Å². The van der Waals surface area contributed by atoms with E-state index in [0.717, 1.165) is 43.6 Å². The van der Waals surface area contributed by atoms with Crippen LogP contribution in [0.2, 0.25) is 0 Å². The first-order chi connectivity index (χ1) is 21.1. The lowest BCUT2D eigenvalue weighted by molar-refractivity contribution is 0.0981. The van der Waals surface area contributed by atoms with Crippen LogP contribution >= 0.6 is 0 Å². The van der Waals surface area contributed by atoms with Crippen LogP contribution in [0, 0.1) is 24.7 Å². The zero-order chi connectivity index (χ0) is 30.6. The van der Waals surface area contributed by atoms with E-state index in [0.29, 0.717) is 42.8 Å².